The highest BCUT2D eigenvalue weighted by atomic mass is 16.4. The van der Waals surface area contributed by atoms with Gasteiger partial charge in [-0.1, -0.05) is 12.8 Å². The molecule has 8 nitrogen and oxygen atoms in total. The monoisotopic (exact) mass is 304 g/mol. The van der Waals surface area contributed by atoms with Gasteiger partial charge in [-0.2, -0.15) is 0 Å². The lowest BCUT2D eigenvalue weighted by Gasteiger charge is -2.28. The second kappa shape index (κ2) is 8.35. The Morgan fingerprint density at radius 2 is 1.57 bits per heavy atom. The van der Waals surface area contributed by atoms with Gasteiger partial charge < -0.3 is 25.2 Å². The Balaban J connectivity index is 4.77. The van der Waals surface area contributed by atoms with Gasteiger partial charge in [0.05, 0.1) is 12.3 Å². The maximum atomic E-state index is 11.1. The van der Waals surface area contributed by atoms with Crippen molar-refractivity contribution in [3.8, 4) is 0 Å². The molecule has 120 valence electrons. The molecule has 0 aromatic heterocycles. The van der Waals surface area contributed by atoms with Gasteiger partial charge in [0.25, 0.3) is 0 Å². The van der Waals surface area contributed by atoms with Crippen molar-refractivity contribution in [2.75, 3.05) is 0 Å². The Bertz CT molecular complexity index is 416. The maximum Gasteiger partial charge on any atom is 0.337 e. The summed E-state index contributed by atoms with van der Waals surface area (Å²) in [5, 5.41) is 36.6. The third-order valence-electron chi connectivity index (χ3n) is 3.19. The second-order valence-corrected chi connectivity index (χ2v) is 4.99. The molecular weight excluding hydrogens is 284 g/mol. The highest BCUT2D eigenvalue weighted by Crippen LogP contribution is 2.28. The predicted octanol–water partition coefficient (Wildman–Crippen LogP) is 0.517. The van der Waals surface area contributed by atoms with Crippen molar-refractivity contribution in [3.05, 3.63) is 0 Å². The average Bonchev–Trinajstić information content (AvgIpc) is 2.31. The Labute approximate surface area is 121 Å². The lowest BCUT2D eigenvalue weighted by Crippen LogP contribution is -2.50. The van der Waals surface area contributed by atoms with Gasteiger partial charge in [-0.25, -0.2) is 4.79 Å². The molecule has 0 aromatic carbocycles. The van der Waals surface area contributed by atoms with Gasteiger partial charge in [-0.3, -0.25) is 9.59 Å². The summed E-state index contributed by atoms with van der Waals surface area (Å²) in [6.45, 7) is 1.43. The van der Waals surface area contributed by atoms with Crippen LogP contribution in [0.5, 0.6) is 0 Å². The number of aliphatic hydroxyl groups is 1. The lowest BCUT2D eigenvalue weighted by molar-refractivity contribution is -0.179. The van der Waals surface area contributed by atoms with Crippen LogP contribution in [-0.4, -0.2) is 49.7 Å². The van der Waals surface area contributed by atoms with Gasteiger partial charge in [0.15, 0.2) is 5.60 Å². The topological polar surface area (TPSA) is 149 Å². The minimum Gasteiger partial charge on any atom is -0.481 e. The molecule has 0 aliphatic rings. The Morgan fingerprint density at radius 1 is 1.00 bits per heavy atom. The molecule has 8 heteroatoms. The van der Waals surface area contributed by atoms with Crippen LogP contribution >= 0.6 is 0 Å². The average molecular weight is 304 g/mol. The minimum atomic E-state index is -2.85. The van der Waals surface area contributed by atoms with Crippen molar-refractivity contribution in [1.82, 2.24) is 0 Å². The fourth-order valence-corrected chi connectivity index (χ4v) is 2.04. The first kappa shape index (κ1) is 19.0. The second-order valence-electron chi connectivity index (χ2n) is 4.99. The molecule has 0 aromatic rings. The quantitative estimate of drug-likeness (QED) is 0.403. The zero-order chi connectivity index (χ0) is 16.6. The molecule has 0 saturated heterocycles. The molecule has 0 radical (unpaired) electrons. The van der Waals surface area contributed by atoms with Gasteiger partial charge >= 0.3 is 17.9 Å². The van der Waals surface area contributed by atoms with Crippen molar-refractivity contribution in [2.45, 2.75) is 51.0 Å². The first-order valence-electron chi connectivity index (χ1n) is 6.51. The van der Waals surface area contributed by atoms with E-state index in [0.29, 0.717) is 19.3 Å². The van der Waals surface area contributed by atoms with Crippen LogP contribution in [0, 0.1) is 5.92 Å². The van der Waals surface area contributed by atoms with Crippen LogP contribution < -0.4 is 0 Å². The number of carboxylic acid groups (broad SMARTS) is 3. The summed E-state index contributed by atoms with van der Waals surface area (Å²) >= 11 is 0. The number of hydrogen-bond acceptors (Lipinski definition) is 5. The normalized spacial score (nSPS) is 15.0. The molecule has 0 spiro atoms. The largest absolute Gasteiger partial charge is 0.481 e. The van der Waals surface area contributed by atoms with Gasteiger partial charge in [-0.05, 0) is 19.8 Å². The molecule has 0 saturated carbocycles. The summed E-state index contributed by atoms with van der Waals surface area (Å²) < 4.78 is 0. The fraction of sp³-hybridized carbons (Fsp3) is 0.692. The fourth-order valence-electron chi connectivity index (χ4n) is 2.04. The van der Waals surface area contributed by atoms with E-state index >= 15 is 0 Å². The van der Waals surface area contributed by atoms with Gasteiger partial charge in [0, 0.05) is 6.42 Å². The van der Waals surface area contributed by atoms with Crippen molar-refractivity contribution in [3.63, 3.8) is 0 Å². The standard InChI is InChI=1S/C13H20O8/c1-8(14)5-3-2-4-6-9(11(17)18)13(21,12(19)20)7-10(15)16/h9,21H,2-7H2,1H3,(H,15,16)(H,17,18)(H,19,20). The molecule has 0 heterocycles. The van der Waals surface area contributed by atoms with E-state index in [1.54, 1.807) is 0 Å². The number of carbonyl (C=O) groups is 4. The number of ketones is 1. The van der Waals surface area contributed by atoms with E-state index in [0.717, 1.165) is 0 Å². The maximum absolute atomic E-state index is 11.1. The highest BCUT2D eigenvalue weighted by Gasteiger charge is 2.49. The number of aliphatic carboxylic acids is 3. The molecule has 21 heavy (non-hydrogen) atoms. The number of Topliss-reactive ketones (excluding diaryl/α,β-unsaturated/α-hetero) is 1. The van der Waals surface area contributed by atoms with Gasteiger partial charge in [0.2, 0.25) is 0 Å². The Kier molecular flexibility index (Phi) is 7.57. The van der Waals surface area contributed by atoms with E-state index in [-0.39, 0.29) is 18.6 Å². The van der Waals surface area contributed by atoms with Crippen LogP contribution in [0.15, 0.2) is 0 Å². The molecule has 0 aliphatic carbocycles. The van der Waals surface area contributed by atoms with Crippen molar-refractivity contribution in [2.24, 2.45) is 5.92 Å². The molecule has 0 aliphatic heterocycles. The van der Waals surface area contributed by atoms with E-state index in [1.165, 1.54) is 6.92 Å². The Hall–Kier alpha value is -1.96. The molecule has 4 N–H and O–H groups in total. The van der Waals surface area contributed by atoms with E-state index in [9.17, 15) is 24.3 Å². The van der Waals surface area contributed by atoms with Crippen LogP contribution in [0.25, 0.3) is 0 Å². The van der Waals surface area contributed by atoms with Crippen LogP contribution in [0.3, 0.4) is 0 Å². The van der Waals surface area contributed by atoms with Gasteiger partial charge in [0.1, 0.15) is 5.78 Å². The number of carboxylic acids is 3. The third kappa shape index (κ3) is 6.35. The summed E-state index contributed by atoms with van der Waals surface area (Å²) in [6, 6.07) is 0. The van der Waals surface area contributed by atoms with Gasteiger partial charge in [-0.15, -0.1) is 0 Å². The minimum absolute atomic E-state index is 0.00213. The van der Waals surface area contributed by atoms with Crippen molar-refractivity contribution < 1.29 is 39.6 Å². The highest BCUT2D eigenvalue weighted by molar-refractivity contribution is 5.89. The smallest absolute Gasteiger partial charge is 0.337 e. The molecule has 0 fully saturated rings. The zero-order valence-electron chi connectivity index (χ0n) is 11.7. The van der Waals surface area contributed by atoms with E-state index < -0.39 is 35.8 Å². The Morgan fingerprint density at radius 3 is 1.95 bits per heavy atom. The molecule has 0 bridgehead atoms. The van der Waals surface area contributed by atoms with Crippen LogP contribution in [0.1, 0.15) is 45.4 Å². The number of hydrogen-bond donors (Lipinski definition) is 4. The number of carbonyl (C=O) groups excluding carboxylic acids is 1. The van der Waals surface area contributed by atoms with Crippen LogP contribution in [-0.2, 0) is 19.2 Å². The molecule has 2 unspecified atom stereocenters. The lowest BCUT2D eigenvalue weighted by atomic mass is 9.81. The van der Waals surface area contributed by atoms with Crippen LogP contribution in [0.4, 0.5) is 0 Å². The summed E-state index contributed by atoms with van der Waals surface area (Å²) in [6.07, 6.45) is 0.282. The summed E-state index contributed by atoms with van der Waals surface area (Å²) in [4.78, 5) is 43.6. The number of unbranched alkanes of at least 4 members (excludes halogenated alkanes) is 2. The summed E-state index contributed by atoms with van der Waals surface area (Å²) in [5.41, 5.74) is -2.85. The molecule has 2 atom stereocenters. The summed E-state index contributed by atoms with van der Waals surface area (Å²) in [5.74, 6) is -6.75. The van der Waals surface area contributed by atoms with Crippen LogP contribution in [0.2, 0.25) is 0 Å². The van der Waals surface area contributed by atoms with Crippen molar-refractivity contribution >= 4 is 23.7 Å². The SMILES string of the molecule is CC(=O)CCCCCC(C(=O)O)C(O)(CC(=O)O)C(=O)O. The first-order chi connectivity index (χ1) is 9.61. The zero-order valence-corrected chi connectivity index (χ0v) is 11.7. The first-order valence-corrected chi connectivity index (χ1v) is 6.51. The van der Waals surface area contributed by atoms with E-state index in [1.807, 2.05) is 0 Å². The number of rotatable bonds is 11. The summed E-state index contributed by atoms with van der Waals surface area (Å²) in [7, 11) is 0. The van der Waals surface area contributed by atoms with Crippen molar-refractivity contribution in [1.29, 1.82) is 0 Å². The third-order valence-corrected chi connectivity index (χ3v) is 3.19. The predicted molar refractivity (Wildman–Crippen MR) is 69.7 cm³/mol. The molecule has 0 rings (SSSR count). The van der Waals surface area contributed by atoms with E-state index in [4.69, 9.17) is 15.3 Å². The molecular formula is C13H20O8. The van der Waals surface area contributed by atoms with E-state index in [2.05, 4.69) is 0 Å². The molecule has 0 amide bonds.